The van der Waals surface area contributed by atoms with Crippen LogP contribution in [0.4, 0.5) is 0 Å². The van der Waals surface area contributed by atoms with E-state index in [1.54, 1.807) is 11.3 Å². The van der Waals surface area contributed by atoms with Crippen molar-refractivity contribution in [2.75, 3.05) is 6.54 Å². The van der Waals surface area contributed by atoms with Crippen molar-refractivity contribution < 1.29 is 4.79 Å². The van der Waals surface area contributed by atoms with Gasteiger partial charge >= 0.3 is 0 Å². The number of likely N-dealkylation sites (tertiary alicyclic amines) is 1. The highest BCUT2D eigenvalue weighted by Gasteiger charge is 2.32. The number of carbonyl (C=O) groups is 1. The van der Waals surface area contributed by atoms with Crippen LogP contribution in [-0.4, -0.2) is 40.5 Å². The molecule has 29 heavy (non-hydrogen) atoms. The van der Waals surface area contributed by atoms with Crippen LogP contribution in [-0.2, 0) is 4.79 Å². The molecule has 2 N–H and O–H groups in total. The molecule has 1 fully saturated rings. The molecule has 4 rings (SSSR count). The Morgan fingerprint density at radius 3 is 2.69 bits per heavy atom. The fourth-order valence-corrected chi connectivity index (χ4v) is 5.54. The van der Waals surface area contributed by atoms with E-state index in [1.807, 2.05) is 6.92 Å². The molecule has 3 aromatic rings. The number of benzene rings is 1. The molecule has 1 saturated heterocycles. The highest BCUT2D eigenvalue weighted by Crippen LogP contribution is 2.33. The van der Waals surface area contributed by atoms with E-state index >= 15 is 0 Å². The molecule has 1 amide bonds. The molecule has 0 spiro atoms. The summed E-state index contributed by atoms with van der Waals surface area (Å²) in [4.78, 5) is 20.0. The summed E-state index contributed by atoms with van der Waals surface area (Å²) in [6.45, 7) is 7.12. The van der Waals surface area contributed by atoms with Gasteiger partial charge in [-0.1, -0.05) is 24.3 Å². The molecule has 4 nitrogen and oxygen atoms in total. The van der Waals surface area contributed by atoms with Crippen molar-refractivity contribution in [3.63, 3.8) is 0 Å². The van der Waals surface area contributed by atoms with Crippen LogP contribution in [0.2, 0.25) is 0 Å². The highest BCUT2D eigenvalue weighted by molar-refractivity contribution is 7.10. The molecule has 154 valence electrons. The predicted octanol–water partition coefficient (Wildman–Crippen LogP) is 5.13. The van der Waals surface area contributed by atoms with Crippen LogP contribution in [0.1, 0.15) is 56.4 Å². The zero-order chi connectivity index (χ0) is 20.4. The summed E-state index contributed by atoms with van der Waals surface area (Å²) in [5.41, 5.74) is 2.44. The lowest BCUT2D eigenvalue weighted by Gasteiger charge is -2.40. The lowest BCUT2D eigenvalue weighted by molar-refractivity contribution is -0.139. The molecule has 1 aromatic carbocycles. The van der Waals surface area contributed by atoms with Crippen molar-refractivity contribution in [2.24, 2.45) is 0 Å². The maximum absolute atomic E-state index is 13.2. The summed E-state index contributed by atoms with van der Waals surface area (Å²) in [5, 5.41) is 6.95. The molecule has 2 aromatic heterocycles. The fourth-order valence-electron chi connectivity index (χ4n) is 4.70. The topological polar surface area (TPSA) is 48.1 Å². The second-order valence-electron chi connectivity index (χ2n) is 8.36. The average Bonchev–Trinajstić information content (AvgIpc) is 3.38. The number of hydrogen-bond donors (Lipinski definition) is 2. The van der Waals surface area contributed by atoms with Crippen LogP contribution in [0, 0.1) is 0 Å². The fraction of sp³-hybridized carbons (Fsp3) is 0.458. The van der Waals surface area contributed by atoms with Gasteiger partial charge in [0.25, 0.3) is 0 Å². The monoisotopic (exact) mass is 409 g/mol. The number of carbonyl (C=O) groups excluding carboxylic acids is 1. The Bertz CT molecular complexity index is 938. The van der Waals surface area contributed by atoms with E-state index in [9.17, 15) is 4.79 Å². The van der Waals surface area contributed by atoms with Crippen molar-refractivity contribution in [1.82, 2.24) is 15.2 Å². The maximum atomic E-state index is 13.2. The van der Waals surface area contributed by atoms with Gasteiger partial charge in [-0.15, -0.1) is 11.3 Å². The summed E-state index contributed by atoms with van der Waals surface area (Å²) in [7, 11) is 0. The molecule has 0 aliphatic carbocycles. The van der Waals surface area contributed by atoms with Gasteiger partial charge in [-0.05, 0) is 63.1 Å². The molecule has 0 unspecified atom stereocenters. The molecule has 1 aliphatic rings. The molecule has 0 saturated carbocycles. The molecule has 3 heterocycles. The lowest BCUT2D eigenvalue weighted by atomic mass is 9.95. The van der Waals surface area contributed by atoms with E-state index in [-0.39, 0.29) is 17.9 Å². The number of aromatic amines is 1. The van der Waals surface area contributed by atoms with Gasteiger partial charge in [-0.25, -0.2) is 0 Å². The first-order valence-electron chi connectivity index (χ1n) is 10.7. The molecule has 1 aliphatic heterocycles. The maximum Gasteiger partial charge on any atom is 0.239 e. The number of para-hydroxylation sites is 1. The Morgan fingerprint density at radius 2 is 1.97 bits per heavy atom. The number of fused-ring (bicyclic) bond motifs is 1. The van der Waals surface area contributed by atoms with E-state index < -0.39 is 0 Å². The summed E-state index contributed by atoms with van der Waals surface area (Å²) in [6, 6.07) is 13.2. The zero-order valence-corrected chi connectivity index (χ0v) is 18.3. The third kappa shape index (κ3) is 4.12. The number of piperidine rings is 1. The number of amides is 1. The van der Waals surface area contributed by atoms with Gasteiger partial charge in [0.2, 0.25) is 5.91 Å². The highest BCUT2D eigenvalue weighted by atomic mass is 32.1. The first-order valence-corrected chi connectivity index (χ1v) is 11.6. The van der Waals surface area contributed by atoms with Gasteiger partial charge in [0.15, 0.2) is 0 Å². The van der Waals surface area contributed by atoms with E-state index in [0.717, 1.165) is 24.9 Å². The second kappa shape index (κ2) is 8.72. The molecular weight excluding hydrogens is 378 g/mol. The van der Waals surface area contributed by atoms with Crippen molar-refractivity contribution in [2.45, 2.75) is 64.1 Å². The van der Waals surface area contributed by atoms with Crippen LogP contribution in [0.15, 0.2) is 48.0 Å². The smallest absolute Gasteiger partial charge is 0.239 e. The van der Waals surface area contributed by atoms with Crippen LogP contribution < -0.4 is 5.32 Å². The summed E-state index contributed by atoms with van der Waals surface area (Å²) in [6.07, 6.45) is 5.55. The quantitative estimate of drug-likeness (QED) is 0.593. The zero-order valence-electron chi connectivity index (χ0n) is 17.5. The molecule has 0 radical (unpaired) electrons. The van der Waals surface area contributed by atoms with Crippen molar-refractivity contribution in [1.29, 1.82) is 0 Å². The minimum Gasteiger partial charge on any atom is -0.361 e. The number of H-pyrrole nitrogens is 1. The largest absolute Gasteiger partial charge is 0.361 e. The van der Waals surface area contributed by atoms with Gasteiger partial charge in [-0.3, -0.25) is 4.79 Å². The first kappa shape index (κ1) is 20.2. The minimum absolute atomic E-state index is 0.189. The SMILES string of the molecule is C[C@H](NC[C@H](c1cccs1)c1c[nH]c2ccccc12)C(=O)N1[C@@H](C)CCC[C@@H]1C. The van der Waals surface area contributed by atoms with Gasteiger partial charge in [0.1, 0.15) is 0 Å². The Labute approximate surface area is 177 Å². The predicted molar refractivity (Wildman–Crippen MR) is 122 cm³/mol. The van der Waals surface area contributed by atoms with Gasteiger partial charge in [0.05, 0.1) is 6.04 Å². The Hall–Kier alpha value is -2.11. The molecule has 4 atom stereocenters. The van der Waals surface area contributed by atoms with Crippen molar-refractivity contribution in [3.8, 4) is 0 Å². The van der Waals surface area contributed by atoms with E-state index in [0.29, 0.717) is 12.1 Å². The van der Waals surface area contributed by atoms with E-state index in [4.69, 9.17) is 0 Å². The standard InChI is InChI=1S/C24H31N3OS/c1-16-8-6-9-17(2)27(16)24(28)18(3)25-15-21(23-12-7-13-29-23)20-14-26-22-11-5-4-10-19(20)22/h4-5,7,10-14,16-18,21,25-26H,6,8-9,15H2,1-3H3/t16-,17-,18-,21-/m0/s1. The summed E-state index contributed by atoms with van der Waals surface area (Å²) in [5.74, 6) is 0.450. The third-order valence-electron chi connectivity index (χ3n) is 6.33. The summed E-state index contributed by atoms with van der Waals surface area (Å²) >= 11 is 1.78. The second-order valence-corrected chi connectivity index (χ2v) is 9.34. The van der Waals surface area contributed by atoms with Gasteiger partial charge in [0, 0.05) is 46.5 Å². The average molecular weight is 410 g/mol. The number of nitrogens with one attached hydrogen (secondary N) is 2. The normalized spacial score (nSPS) is 22.0. The number of thiophene rings is 1. The third-order valence-corrected chi connectivity index (χ3v) is 7.32. The number of rotatable bonds is 6. The van der Waals surface area contributed by atoms with Crippen LogP contribution in [0.5, 0.6) is 0 Å². The Morgan fingerprint density at radius 1 is 1.21 bits per heavy atom. The first-order chi connectivity index (χ1) is 14.1. The molecule has 5 heteroatoms. The minimum atomic E-state index is -0.189. The summed E-state index contributed by atoms with van der Waals surface area (Å²) < 4.78 is 0. The Balaban J connectivity index is 1.52. The van der Waals surface area contributed by atoms with Gasteiger partial charge in [-0.2, -0.15) is 0 Å². The Kier molecular flexibility index (Phi) is 6.07. The number of nitrogens with zero attached hydrogens (tertiary/aromatic N) is 1. The number of hydrogen-bond acceptors (Lipinski definition) is 3. The van der Waals surface area contributed by atoms with E-state index in [2.05, 4.69) is 77.0 Å². The van der Waals surface area contributed by atoms with Crippen LogP contribution in [0.25, 0.3) is 10.9 Å². The van der Waals surface area contributed by atoms with Crippen molar-refractivity contribution in [3.05, 3.63) is 58.4 Å². The lowest BCUT2D eigenvalue weighted by Crippen LogP contribution is -2.54. The number of aromatic nitrogens is 1. The molecule has 0 bridgehead atoms. The van der Waals surface area contributed by atoms with E-state index in [1.165, 1.54) is 22.2 Å². The molecular formula is C24H31N3OS. The van der Waals surface area contributed by atoms with Crippen molar-refractivity contribution >= 4 is 28.1 Å². The van der Waals surface area contributed by atoms with Gasteiger partial charge < -0.3 is 15.2 Å². The van der Waals surface area contributed by atoms with Crippen LogP contribution in [0.3, 0.4) is 0 Å². The van der Waals surface area contributed by atoms with Crippen LogP contribution >= 0.6 is 11.3 Å².